The molecule has 2 aliphatic rings. The first-order valence-electron chi connectivity index (χ1n) is 7.38. The highest BCUT2D eigenvalue weighted by molar-refractivity contribution is 7.99. The maximum atomic E-state index is 12.5. The van der Waals surface area contributed by atoms with Crippen LogP contribution in [-0.2, 0) is 9.59 Å². The van der Waals surface area contributed by atoms with Gasteiger partial charge in [-0.25, -0.2) is 4.79 Å². The van der Waals surface area contributed by atoms with Crippen LogP contribution in [0.25, 0.3) is 0 Å². The van der Waals surface area contributed by atoms with Crippen molar-refractivity contribution >= 4 is 23.6 Å². The van der Waals surface area contributed by atoms with Crippen molar-refractivity contribution < 1.29 is 14.7 Å². The fourth-order valence-corrected chi connectivity index (χ4v) is 4.32. The largest absolute Gasteiger partial charge is 0.480 e. The molecule has 114 valence electrons. The number of carboxylic acid groups (broad SMARTS) is 1. The summed E-state index contributed by atoms with van der Waals surface area (Å²) in [7, 11) is 0. The summed E-state index contributed by atoms with van der Waals surface area (Å²) in [5.41, 5.74) is 5.83. The zero-order valence-corrected chi connectivity index (χ0v) is 12.7. The predicted octanol–water partition coefficient (Wildman–Crippen LogP) is 1.31. The molecule has 1 unspecified atom stereocenters. The molecule has 1 aliphatic heterocycles. The Bertz CT molecular complexity index is 369. The van der Waals surface area contributed by atoms with Crippen LogP contribution < -0.4 is 5.73 Å². The molecule has 0 bridgehead atoms. The minimum absolute atomic E-state index is 0.0231. The molecule has 0 radical (unpaired) electrons. The molecule has 0 spiro atoms. The van der Waals surface area contributed by atoms with Crippen molar-refractivity contribution in [3.05, 3.63) is 0 Å². The lowest BCUT2D eigenvalue weighted by atomic mass is 9.71. The van der Waals surface area contributed by atoms with Gasteiger partial charge in [-0.15, -0.1) is 0 Å². The molecular weight excluding hydrogens is 276 g/mol. The van der Waals surface area contributed by atoms with E-state index in [1.165, 1.54) is 6.42 Å². The number of carboxylic acids is 1. The Morgan fingerprint density at radius 3 is 2.60 bits per heavy atom. The van der Waals surface area contributed by atoms with Crippen LogP contribution in [0.5, 0.6) is 0 Å². The van der Waals surface area contributed by atoms with E-state index in [-0.39, 0.29) is 11.3 Å². The van der Waals surface area contributed by atoms with Crippen LogP contribution in [0.1, 0.15) is 38.5 Å². The third kappa shape index (κ3) is 3.47. The quantitative estimate of drug-likeness (QED) is 0.818. The van der Waals surface area contributed by atoms with Crippen LogP contribution in [0.4, 0.5) is 0 Å². The van der Waals surface area contributed by atoms with E-state index >= 15 is 0 Å². The van der Waals surface area contributed by atoms with Crippen LogP contribution in [0, 0.1) is 5.41 Å². The van der Waals surface area contributed by atoms with Crippen molar-refractivity contribution in [1.82, 2.24) is 4.90 Å². The summed E-state index contributed by atoms with van der Waals surface area (Å²) in [6.45, 7) is 1.07. The van der Waals surface area contributed by atoms with Gasteiger partial charge >= 0.3 is 5.97 Å². The number of rotatable bonds is 4. The van der Waals surface area contributed by atoms with Gasteiger partial charge in [-0.05, 0) is 24.8 Å². The number of carbonyl (C=O) groups is 2. The van der Waals surface area contributed by atoms with Crippen LogP contribution in [0.15, 0.2) is 0 Å². The molecule has 0 aromatic carbocycles. The lowest BCUT2D eigenvalue weighted by molar-refractivity contribution is -0.150. The number of amides is 1. The molecule has 6 heteroatoms. The maximum absolute atomic E-state index is 12.5. The Kier molecular flexibility index (Phi) is 5.32. The molecule has 1 heterocycles. The van der Waals surface area contributed by atoms with E-state index in [4.69, 9.17) is 5.73 Å². The van der Waals surface area contributed by atoms with Gasteiger partial charge in [0.2, 0.25) is 5.91 Å². The summed E-state index contributed by atoms with van der Waals surface area (Å²) >= 11 is 1.60. The molecular formula is C14H24N2O3S. The van der Waals surface area contributed by atoms with Gasteiger partial charge < -0.3 is 15.7 Å². The van der Waals surface area contributed by atoms with Crippen LogP contribution in [0.2, 0.25) is 0 Å². The average molecular weight is 300 g/mol. The molecule has 1 saturated carbocycles. The fraction of sp³-hybridized carbons (Fsp3) is 0.857. The first-order chi connectivity index (χ1) is 9.58. The normalized spacial score (nSPS) is 26.2. The topological polar surface area (TPSA) is 83.6 Å². The van der Waals surface area contributed by atoms with Gasteiger partial charge in [-0.3, -0.25) is 4.79 Å². The molecule has 2 rings (SSSR count). The predicted molar refractivity (Wildman–Crippen MR) is 79.7 cm³/mol. The molecule has 1 aliphatic carbocycles. The molecule has 0 aromatic heterocycles. The monoisotopic (exact) mass is 300 g/mol. The smallest absolute Gasteiger partial charge is 0.327 e. The van der Waals surface area contributed by atoms with E-state index in [9.17, 15) is 14.7 Å². The molecule has 2 fully saturated rings. The van der Waals surface area contributed by atoms with E-state index in [1.807, 2.05) is 0 Å². The Morgan fingerprint density at radius 2 is 2.00 bits per heavy atom. The van der Waals surface area contributed by atoms with Gasteiger partial charge in [0.15, 0.2) is 0 Å². The first kappa shape index (κ1) is 15.6. The summed E-state index contributed by atoms with van der Waals surface area (Å²) in [4.78, 5) is 25.4. The van der Waals surface area contributed by atoms with E-state index in [0.29, 0.717) is 25.3 Å². The summed E-state index contributed by atoms with van der Waals surface area (Å²) in [6.07, 6.45) is 5.88. The molecule has 1 saturated heterocycles. The van der Waals surface area contributed by atoms with Crippen molar-refractivity contribution in [2.24, 2.45) is 11.1 Å². The lowest BCUT2D eigenvalue weighted by Crippen LogP contribution is -2.52. The van der Waals surface area contributed by atoms with E-state index < -0.39 is 12.0 Å². The van der Waals surface area contributed by atoms with Crippen LogP contribution in [-0.4, -0.2) is 52.5 Å². The Hall–Kier alpha value is -0.750. The van der Waals surface area contributed by atoms with Crippen LogP contribution in [0.3, 0.4) is 0 Å². The van der Waals surface area contributed by atoms with Gasteiger partial charge in [0.1, 0.15) is 6.04 Å². The molecule has 1 atom stereocenters. The highest BCUT2D eigenvalue weighted by Gasteiger charge is 2.38. The molecule has 5 nitrogen and oxygen atoms in total. The fourth-order valence-electron chi connectivity index (χ4n) is 3.28. The zero-order valence-electron chi connectivity index (χ0n) is 11.8. The number of nitrogens with zero attached hydrogens (tertiary/aromatic N) is 1. The second-order valence-corrected chi connectivity index (χ2v) is 7.11. The van der Waals surface area contributed by atoms with Crippen molar-refractivity contribution in [3.8, 4) is 0 Å². The van der Waals surface area contributed by atoms with E-state index in [2.05, 4.69) is 0 Å². The first-order valence-corrected chi connectivity index (χ1v) is 8.53. The SMILES string of the molecule is NCC1(CC(=O)N2CCSCC2C(=O)O)CCCCC1. The van der Waals surface area contributed by atoms with Gasteiger partial charge in [0.25, 0.3) is 0 Å². The third-order valence-electron chi connectivity index (χ3n) is 4.61. The van der Waals surface area contributed by atoms with Gasteiger partial charge in [0, 0.05) is 24.5 Å². The molecule has 20 heavy (non-hydrogen) atoms. The Balaban J connectivity index is 2.03. The van der Waals surface area contributed by atoms with Crippen LogP contribution >= 0.6 is 11.8 Å². The average Bonchev–Trinajstić information content (AvgIpc) is 2.48. The summed E-state index contributed by atoms with van der Waals surface area (Å²) in [6, 6.07) is -0.667. The minimum atomic E-state index is -0.893. The van der Waals surface area contributed by atoms with E-state index in [1.54, 1.807) is 16.7 Å². The maximum Gasteiger partial charge on any atom is 0.327 e. The number of aliphatic carboxylic acids is 1. The Labute approximate surface area is 124 Å². The number of nitrogens with two attached hydrogens (primary N) is 1. The minimum Gasteiger partial charge on any atom is -0.480 e. The van der Waals surface area contributed by atoms with Crippen molar-refractivity contribution in [2.75, 3.05) is 24.6 Å². The number of hydrogen-bond acceptors (Lipinski definition) is 4. The zero-order chi connectivity index (χ0) is 14.6. The number of carbonyl (C=O) groups excluding carboxylic acids is 1. The van der Waals surface area contributed by atoms with Gasteiger partial charge in [-0.2, -0.15) is 11.8 Å². The van der Waals surface area contributed by atoms with Crippen molar-refractivity contribution in [1.29, 1.82) is 0 Å². The Morgan fingerprint density at radius 1 is 1.30 bits per heavy atom. The number of hydrogen-bond donors (Lipinski definition) is 2. The van der Waals surface area contributed by atoms with Crippen molar-refractivity contribution in [3.63, 3.8) is 0 Å². The summed E-state index contributed by atoms with van der Waals surface area (Å²) in [5.74, 6) is 0.406. The second kappa shape index (κ2) is 6.80. The van der Waals surface area contributed by atoms with Gasteiger partial charge in [-0.1, -0.05) is 19.3 Å². The molecule has 1 amide bonds. The summed E-state index contributed by atoms with van der Waals surface area (Å²) in [5, 5.41) is 9.25. The third-order valence-corrected chi connectivity index (χ3v) is 5.63. The highest BCUT2D eigenvalue weighted by Crippen LogP contribution is 2.39. The second-order valence-electron chi connectivity index (χ2n) is 5.96. The number of thioether (sulfide) groups is 1. The van der Waals surface area contributed by atoms with Gasteiger partial charge in [0.05, 0.1) is 0 Å². The van der Waals surface area contributed by atoms with E-state index in [0.717, 1.165) is 31.4 Å². The molecule has 0 aromatic rings. The highest BCUT2D eigenvalue weighted by atomic mass is 32.2. The summed E-state index contributed by atoms with van der Waals surface area (Å²) < 4.78 is 0. The van der Waals surface area contributed by atoms with Crippen molar-refractivity contribution in [2.45, 2.75) is 44.6 Å². The lowest BCUT2D eigenvalue weighted by Gasteiger charge is -2.39. The molecule has 3 N–H and O–H groups in total. The standard InChI is InChI=1S/C14H24N2O3S/c15-10-14(4-2-1-3-5-14)8-12(17)16-6-7-20-9-11(16)13(18)19/h11H,1-10,15H2,(H,18,19).